The summed E-state index contributed by atoms with van der Waals surface area (Å²) in [7, 11) is 1.46. The Bertz CT molecular complexity index is 890. The van der Waals surface area contributed by atoms with E-state index in [4.69, 9.17) is 4.52 Å². The number of thiophene rings is 1. The van der Waals surface area contributed by atoms with Crippen molar-refractivity contribution in [2.24, 2.45) is 4.99 Å². The van der Waals surface area contributed by atoms with E-state index in [0.29, 0.717) is 10.8 Å². The van der Waals surface area contributed by atoms with Crippen LogP contribution in [0.25, 0.3) is 0 Å². The number of aromatic nitrogens is 1. The average molecular weight is 554 g/mol. The van der Waals surface area contributed by atoms with E-state index in [2.05, 4.69) is 25.3 Å². The van der Waals surface area contributed by atoms with E-state index in [-0.39, 0.29) is 24.0 Å². The molecular weight excluding hydrogens is 527 g/mol. The number of halogens is 1. The summed E-state index contributed by atoms with van der Waals surface area (Å²) in [6.07, 6.45) is 1.59. The third-order valence-electron chi connectivity index (χ3n) is 4.55. The second-order valence-electron chi connectivity index (χ2n) is 6.66. The monoisotopic (exact) mass is 554 g/mol. The highest BCUT2D eigenvalue weighted by atomic mass is 127. The van der Waals surface area contributed by atoms with Gasteiger partial charge in [-0.15, -0.1) is 35.3 Å². The first-order valence-corrected chi connectivity index (χ1v) is 11.2. The molecule has 3 rings (SSSR count). The lowest BCUT2D eigenvalue weighted by Gasteiger charge is -2.36. The molecular formula is C17H27IN6O3S2. The van der Waals surface area contributed by atoms with Crippen LogP contribution in [0.15, 0.2) is 38.2 Å². The van der Waals surface area contributed by atoms with Gasteiger partial charge in [-0.3, -0.25) is 9.89 Å². The Hall–Kier alpha value is -1.22. The topological polar surface area (TPSA) is 94.3 Å². The molecule has 0 spiro atoms. The van der Waals surface area contributed by atoms with Crippen molar-refractivity contribution >= 4 is 51.3 Å². The van der Waals surface area contributed by atoms with Crippen LogP contribution in [-0.2, 0) is 23.1 Å². The fourth-order valence-electron chi connectivity index (χ4n) is 2.94. The van der Waals surface area contributed by atoms with Gasteiger partial charge in [-0.1, -0.05) is 5.16 Å². The fraction of sp³-hybridized carbons (Fsp3) is 0.529. The third kappa shape index (κ3) is 6.13. The van der Waals surface area contributed by atoms with Gasteiger partial charge in [0.2, 0.25) is 0 Å². The zero-order valence-electron chi connectivity index (χ0n) is 16.7. The van der Waals surface area contributed by atoms with E-state index in [1.165, 1.54) is 29.7 Å². The summed E-state index contributed by atoms with van der Waals surface area (Å²) in [4.78, 5) is 9.87. The number of piperazine rings is 1. The molecule has 2 aromatic rings. The summed E-state index contributed by atoms with van der Waals surface area (Å²) < 4.78 is 30.9. The SMILES string of the molecule is CN=C(NCc1ccc(S(=O)(=O)N(C)C)s1)N1CCN(Cc2ccon2)CC1.I. The van der Waals surface area contributed by atoms with Gasteiger partial charge in [-0.25, -0.2) is 12.7 Å². The molecule has 1 saturated heterocycles. The molecule has 3 heterocycles. The zero-order valence-corrected chi connectivity index (χ0v) is 20.7. The molecule has 1 aliphatic rings. The van der Waals surface area contributed by atoms with Crippen LogP contribution in [0, 0.1) is 0 Å². The molecule has 0 aliphatic carbocycles. The molecule has 0 saturated carbocycles. The number of rotatable bonds is 6. The minimum absolute atomic E-state index is 0. The van der Waals surface area contributed by atoms with E-state index in [0.717, 1.165) is 49.3 Å². The van der Waals surface area contributed by atoms with Crippen molar-refractivity contribution in [1.29, 1.82) is 0 Å². The van der Waals surface area contributed by atoms with Crippen molar-refractivity contribution in [2.75, 3.05) is 47.3 Å². The molecule has 0 atom stereocenters. The van der Waals surface area contributed by atoms with Crippen molar-refractivity contribution in [2.45, 2.75) is 17.3 Å². The Morgan fingerprint density at radius 1 is 1.28 bits per heavy atom. The summed E-state index contributed by atoms with van der Waals surface area (Å²) in [6, 6.07) is 5.39. The first kappa shape index (κ1) is 24.1. The van der Waals surface area contributed by atoms with E-state index in [1.54, 1.807) is 19.4 Å². The van der Waals surface area contributed by atoms with Gasteiger partial charge in [0.05, 0.1) is 12.2 Å². The predicted octanol–water partition coefficient (Wildman–Crippen LogP) is 1.50. The maximum Gasteiger partial charge on any atom is 0.252 e. The number of nitrogens with zero attached hydrogens (tertiary/aromatic N) is 5. The quantitative estimate of drug-likeness (QED) is 0.329. The highest BCUT2D eigenvalue weighted by Crippen LogP contribution is 2.23. The third-order valence-corrected chi connectivity index (χ3v) is 7.92. The molecule has 162 valence electrons. The van der Waals surface area contributed by atoms with Crippen LogP contribution >= 0.6 is 35.3 Å². The summed E-state index contributed by atoms with van der Waals surface area (Å²) in [5.41, 5.74) is 0.942. The molecule has 9 nitrogen and oxygen atoms in total. The second kappa shape index (κ2) is 10.7. The fourth-order valence-corrected chi connectivity index (χ4v) is 5.40. The lowest BCUT2D eigenvalue weighted by atomic mass is 10.3. The Balaban J connectivity index is 0.00000300. The summed E-state index contributed by atoms with van der Waals surface area (Å²) >= 11 is 1.28. The molecule has 0 bridgehead atoms. The number of sulfonamides is 1. The predicted molar refractivity (Wildman–Crippen MR) is 124 cm³/mol. The molecule has 1 aliphatic heterocycles. The highest BCUT2D eigenvalue weighted by Gasteiger charge is 2.22. The lowest BCUT2D eigenvalue weighted by molar-refractivity contribution is 0.169. The Labute approximate surface area is 192 Å². The number of hydrogen-bond donors (Lipinski definition) is 1. The standard InChI is InChI=1S/C17H26N6O3S2.HI/c1-18-17(19-12-15-4-5-16(27-15)28(24,25)21(2)3)23-9-7-22(8-10-23)13-14-6-11-26-20-14;/h4-6,11H,7-10,12-13H2,1-3H3,(H,18,19);1H. The van der Waals surface area contributed by atoms with E-state index in [9.17, 15) is 8.42 Å². The van der Waals surface area contributed by atoms with Crippen molar-refractivity contribution < 1.29 is 12.9 Å². The highest BCUT2D eigenvalue weighted by molar-refractivity contribution is 14.0. The number of aliphatic imine (C=N–C) groups is 1. The van der Waals surface area contributed by atoms with Gasteiger partial charge >= 0.3 is 0 Å². The molecule has 29 heavy (non-hydrogen) atoms. The number of guanidine groups is 1. The normalized spacial score (nSPS) is 16.1. The van der Waals surface area contributed by atoms with Crippen molar-refractivity contribution in [3.05, 3.63) is 35.0 Å². The summed E-state index contributed by atoms with van der Waals surface area (Å²) in [5.74, 6) is 0.825. The molecule has 0 amide bonds. The van der Waals surface area contributed by atoms with Crippen LogP contribution in [0.1, 0.15) is 10.6 Å². The van der Waals surface area contributed by atoms with E-state index in [1.807, 2.05) is 12.1 Å². The Kier molecular flexibility index (Phi) is 8.88. The van der Waals surface area contributed by atoms with Crippen molar-refractivity contribution in [3.8, 4) is 0 Å². The molecule has 0 aromatic carbocycles. The Morgan fingerprint density at radius 3 is 2.59 bits per heavy atom. The summed E-state index contributed by atoms with van der Waals surface area (Å²) in [6.45, 7) is 4.88. The van der Waals surface area contributed by atoms with Gasteiger partial charge in [0.25, 0.3) is 10.0 Å². The minimum Gasteiger partial charge on any atom is -0.364 e. The number of nitrogens with one attached hydrogen (secondary N) is 1. The summed E-state index contributed by atoms with van der Waals surface area (Å²) in [5, 5.41) is 7.30. The molecule has 1 N–H and O–H groups in total. The van der Waals surface area contributed by atoms with Gasteiger partial charge in [-0.2, -0.15) is 0 Å². The first-order chi connectivity index (χ1) is 13.4. The average Bonchev–Trinajstić information content (AvgIpc) is 3.35. The van der Waals surface area contributed by atoms with Crippen LogP contribution in [0.3, 0.4) is 0 Å². The first-order valence-electron chi connectivity index (χ1n) is 8.98. The van der Waals surface area contributed by atoms with E-state index >= 15 is 0 Å². The Morgan fingerprint density at radius 2 is 2.00 bits per heavy atom. The van der Waals surface area contributed by atoms with Gasteiger partial charge in [0.15, 0.2) is 5.96 Å². The van der Waals surface area contributed by atoms with Gasteiger partial charge < -0.3 is 14.7 Å². The zero-order chi connectivity index (χ0) is 20.1. The van der Waals surface area contributed by atoms with Gasteiger partial charge in [0, 0.05) is 64.8 Å². The van der Waals surface area contributed by atoms with Crippen molar-refractivity contribution in [3.63, 3.8) is 0 Å². The molecule has 0 unspecified atom stereocenters. The van der Waals surface area contributed by atoms with Gasteiger partial charge in [0.1, 0.15) is 10.5 Å². The van der Waals surface area contributed by atoms with Crippen LogP contribution in [0.2, 0.25) is 0 Å². The van der Waals surface area contributed by atoms with Gasteiger partial charge in [-0.05, 0) is 12.1 Å². The lowest BCUT2D eigenvalue weighted by Crippen LogP contribution is -2.52. The number of hydrogen-bond acceptors (Lipinski definition) is 7. The minimum atomic E-state index is -3.38. The van der Waals surface area contributed by atoms with Crippen LogP contribution < -0.4 is 5.32 Å². The van der Waals surface area contributed by atoms with Crippen LogP contribution in [-0.4, -0.2) is 81.0 Å². The smallest absolute Gasteiger partial charge is 0.252 e. The van der Waals surface area contributed by atoms with E-state index < -0.39 is 10.0 Å². The molecule has 2 aromatic heterocycles. The molecule has 0 radical (unpaired) electrons. The van der Waals surface area contributed by atoms with Crippen molar-refractivity contribution in [1.82, 2.24) is 24.6 Å². The van der Waals surface area contributed by atoms with Crippen LogP contribution in [0.4, 0.5) is 0 Å². The largest absolute Gasteiger partial charge is 0.364 e. The molecule has 1 fully saturated rings. The maximum absolute atomic E-state index is 12.2. The second-order valence-corrected chi connectivity index (χ2v) is 10.2. The maximum atomic E-state index is 12.2. The molecule has 12 heteroatoms. The van der Waals surface area contributed by atoms with Crippen LogP contribution in [0.5, 0.6) is 0 Å².